The van der Waals surface area contributed by atoms with Crippen molar-refractivity contribution < 1.29 is 32.4 Å². The van der Waals surface area contributed by atoms with E-state index in [1.165, 1.54) is 4.90 Å². The van der Waals surface area contributed by atoms with Gasteiger partial charge < -0.3 is 29.9 Å². The van der Waals surface area contributed by atoms with E-state index in [2.05, 4.69) is 22.5 Å². The summed E-state index contributed by atoms with van der Waals surface area (Å²) in [4.78, 5) is 18.6. The van der Waals surface area contributed by atoms with Gasteiger partial charge in [0.05, 0.1) is 22.7 Å². The van der Waals surface area contributed by atoms with E-state index in [1.807, 2.05) is 32.9 Å². The predicted molar refractivity (Wildman–Crippen MR) is 152 cm³/mol. The largest absolute Gasteiger partial charge is 0.495 e. The second-order valence-electron chi connectivity index (χ2n) is 12.0. The summed E-state index contributed by atoms with van der Waals surface area (Å²) in [6, 6.07) is 8.65. The number of aliphatic hydroxyl groups excluding tert-OH is 1. The number of halogens is 4. The third-order valence-electron chi connectivity index (χ3n) is 9.27. The van der Waals surface area contributed by atoms with Gasteiger partial charge in [-0.2, -0.15) is 13.2 Å². The van der Waals surface area contributed by atoms with Crippen LogP contribution in [0.1, 0.15) is 51.7 Å². The van der Waals surface area contributed by atoms with E-state index < -0.39 is 54.4 Å². The Balaban J connectivity index is 1.29. The molecule has 1 aromatic carbocycles. The lowest BCUT2D eigenvalue weighted by Gasteiger charge is -2.26. The average Bonchev–Trinajstić information content (AvgIpc) is 3.27. The number of rotatable bonds is 7. The zero-order chi connectivity index (χ0) is 30.0. The number of aliphatic hydroxyl groups is 1. The molecule has 0 bridgehead atoms. The first-order valence-electron chi connectivity index (χ1n) is 13.8. The zero-order valence-corrected chi connectivity index (χ0v) is 24.5. The summed E-state index contributed by atoms with van der Waals surface area (Å²) in [6.45, 7) is 10.3. The van der Waals surface area contributed by atoms with E-state index in [0.717, 1.165) is 16.6 Å². The minimum absolute atomic E-state index is 0.0729. The summed E-state index contributed by atoms with van der Waals surface area (Å²) < 4.78 is 51.5. The molecule has 2 aliphatic heterocycles. The molecule has 3 fully saturated rings. The molecule has 222 valence electrons. The number of likely N-dealkylation sites (tertiary alicyclic amines) is 1. The molecule has 3 N–H and O–H groups in total. The van der Waals surface area contributed by atoms with Gasteiger partial charge in [0, 0.05) is 31.7 Å². The van der Waals surface area contributed by atoms with Gasteiger partial charge in [0.1, 0.15) is 11.0 Å². The lowest BCUT2D eigenvalue weighted by atomic mass is 9.74. The fourth-order valence-electron chi connectivity index (χ4n) is 6.45. The molecule has 0 spiro atoms. The Hall–Kier alpha value is -2.54. The van der Waals surface area contributed by atoms with Crippen LogP contribution in [0.3, 0.4) is 0 Å². The van der Waals surface area contributed by atoms with Crippen molar-refractivity contribution in [2.45, 2.75) is 76.4 Å². The summed E-state index contributed by atoms with van der Waals surface area (Å²) in [5.74, 6) is -0.0390. The van der Waals surface area contributed by atoms with Crippen LogP contribution < -0.4 is 16.1 Å². The summed E-state index contributed by atoms with van der Waals surface area (Å²) in [7, 11) is -0.692. The van der Waals surface area contributed by atoms with Crippen LogP contribution in [0, 0.1) is 12.8 Å². The van der Waals surface area contributed by atoms with Crippen LogP contribution in [0.15, 0.2) is 30.3 Å². The summed E-state index contributed by atoms with van der Waals surface area (Å²) in [5.41, 5.74) is 1.11. The molecule has 3 heterocycles. The first-order chi connectivity index (χ1) is 19.1. The monoisotopic (exact) mass is 594 g/mol. The molecular weight excluding hydrogens is 560 g/mol. The maximum Gasteiger partial charge on any atom is 0.495 e. The summed E-state index contributed by atoms with van der Waals surface area (Å²) >= 11 is 6.35. The lowest BCUT2D eigenvalue weighted by molar-refractivity contribution is -0.143. The van der Waals surface area contributed by atoms with Crippen molar-refractivity contribution in [1.29, 1.82) is 0 Å². The number of urea groups is 1. The van der Waals surface area contributed by atoms with Crippen molar-refractivity contribution in [2.75, 3.05) is 30.3 Å². The van der Waals surface area contributed by atoms with E-state index in [9.17, 15) is 23.1 Å². The van der Waals surface area contributed by atoms with Gasteiger partial charge in [-0.3, -0.25) is 0 Å². The topological polar surface area (TPSA) is 96.0 Å². The van der Waals surface area contributed by atoms with Crippen molar-refractivity contribution >= 4 is 41.7 Å². The Labute approximate surface area is 243 Å². The number of nitrogens with zero attached hydrogens (tertiary/aromatic N) is 2. The van der Waals surface area contributed by atoms with Crippen LogP contribution in [0.2, 0.25) is 5.15 Å². The number of aromatic nitrogens is 1. The van der Waals surface area contributed by atoms with Crippen molar-refractivity contribution in [3.63, 3.8) is 0 Å². The Morgan fingerprint density at radius 3 is 2.56 bits per heavy atom. The van der Waals surface area contributed by atoms with Crippen LogP contribution in [-0.2, 0) is 14.7 Å². The zero-order valence-electron chi connectivity index (χ0n) is 23.7. The summed E-state index contributed by atoms with van der Waals surface area (Å²) in [5, 5.41) is 15.9. The van der Waals surface area contributed by atoms with Crippen LogP contribution in [0.4, 0.5) is 29.5 Å². The third kappa shape index (κ3) is 5.28. The van der Waals surface area contributed by atoms with E-state index in [4.69, 9.17) is 20.9 Å². The van der Waals surface area contributed by atoms with Gasteiger partial charge in [-0.25, -0.2) is 9.78 Å². The number of aryl methyl sites for hydroxylation is 1. The van der Waals surface area contributed by atoms with E-state index in [0.29, 0.717) is 29.6 Å². The maximum absolute atomic E-state index is 12.8. The molecule has 4 atom stereocenters. The lowest BCUT2D eigenvalue weighted by Crippen LogP contribution is -2.42. The van der Waals surface area contributed by atoms with Crippen LogP contribution in [0.25, 0.3) is 0 Å². The highest BCUT2D eigenvalue weighted by Crippen LogP contribution is 2.73. The Morgan fingerprint density at radius 1 is 1.24 bits per heavy atom. The molecule has 2 amide bonds. The summed E-state index contributed by atoms with van der Waals surface area (Å²) in [6.07, 6.45) is -5.35. The molecule has 2 aromatic rings. The minimum atomic E-state index is -4.24. The molecule has 1 aromatic heterocycles. The Morgan fingerprint density at radius 2 is 1.93 bits per heavy atom. The maximum atomic E-state index is 12.8. The normalized spacial score (nSPS) is 29.9. The van der Waals surface area contributed by atoms with Gasteiger partial charge in [-0.1, -0.05) is 23.2 Å². The fourth-order valence-corrected chi connectivity index (χ4v) is 6.66. The number of benzene rings is 1. The second-order valence-corrected chi connectivity index (χ2v) is 12.4. The Bertz CT molecular complexity index is 1330. The van der Waals surface area contributed by atoms with Crippen LogP contribution >= 0.6 is 11.6 Å². The molecule has 1 saturated carbocycles. The second kappa shape index (κ2) is 10.3. The molecule has 13 heteroatoms. The molecule has 2 saturated heterocycles. The molecule has 41 heavy (non-hydrogen) atoms. The van der Waals surface area contributed by atoms with Gasteiger partial charge in [0.15, 0.2) is 0 Å². The first kappa shape index (κ1) is 29.9. The van der Waals surface area contributed by atoms with Crippen molar-refractivity contribution in [2.24, 2.45) is 5.92 Å². The number of carbonyl (C=O) groups excluding carboxylic acids is 1. The number of hydrogen-bond donors (Lipinski definition) is 3. The number of amides is 2. The number of nitrogens with one attached hydrogen (secondary N) is 2. The number of anilines is 2. The molecule has 2 unspecified atom stereocenters. The van der Waals surface area contributed by atoms with E-state index in [1.54, 1.807) is 25.1 Å². The standard InChI is InChI=1S/C28H35BClF3N4O4/c1-16-6-7-20(35-24(39)37-9-8-18(15-37)13-28(31,32)33)12-21(16)29-40-26(4)25(3,27(26,5)41-29)19-10-22(30)36-23(11-19)34-14-17(2)38/h6-7,10-12,17-18,38H,8-9,13-15H2,1-5H3,(H,34,36)(H,35,39)/t17-,18+,25?,26?,27?/m1/s1. The van der Waals surface area contributed by atoms with E-state index in [-0.39, 0.29) is 13.1 Å². The van der Waals surface area contributed by atoms with Gasteiger partial charge in [-0.15, -0.1) is 0 Å². The highest BCUT2D eigenvalue weighted by atomic mass is 35.5. The van der Waals surface area contributed by atoms with Crippen LogP contribution in [-0.4, -0.2) is 71.3 Å². The van der Waals surface area contributed by atoms with Gasteiger partial charge in [0.25, 0.3) is 0 Å². The number of alkyl halides is 3. The third-order valence-corrected chi connectivity index (χ3v) is 9.46. The van der Waals surface area contributed by atoms with E-state index >= 15 is 0 Å². The first-order valence-corrected chi connectivity index (χ1v) is 14.1. The number of fused-ring (bicyclic) bond motifs is 1. The number of carbonyl (C=O) groups is 1. The van der Waals surface area contributed by atoms with Gasteiger partial charge in [0.2, 0.25) is 0 Å². The molecule has 8 nitrogen and oxygen atoms in total. The number of hydrogen-bond acceptors (Lipinski definition) is 6. The highest BCUT2D eigenvalue weighted by Gasteiger charge is 2.87. The van der Waals surface area contributed by atoms with Crippen molar-refractivity contribution in [3.05, 3.63) is 46.6 Å². The molecule has 3 aliphatic rings. The SMILES string of the molecule is Cc1ccc(NC(=O)N2CC[C@@H](CC(F)(F)F)C2)cc1B1OC2(C)C(C)(O1)C2(C)c1cc(Cl)nc(NC[C@@H](C)O)c1. The Kier molecular flexibility index (Phi) is 7.54. The fraction of sp³-hybridized carbons (Fsp3) is 0.571. The highest BCUT2D eigenvalue weighted by molar-refractivity contribution is 6.63. The molecule has 1 aliphatic carbocycles. The van der Waals surface area contributed by atoms with Crippen molar-refractivity contribution in [3.8, 4) is 0 Å². The predicted octanol–water partition coefficient (Wildman–Crippen LogP) is 4.87. The number of pyridine rings is 1. The van der Waals surface area contributed by atoms with Gasteiger partial charge in [-0.05, 0) is 82.2 Å². The molecular formula is C28H35BClF3N4O4. The molecule has 5 rings (SSSR count). The minimum Gasteiger partial charge on any atom is -0.398 e. The van der Waals surface area contributed by atoms with Crippen LogP contribution in [0.5, 0.6) is 0 Å². The average molecular weight is 595 g/mol. The molecule has 0 radical (unpaired) electrons. The van der Waals surface area contributed by atoms with Gasteiger partial charge >= 0.3 is 19.3 Å². The van der Waals surface area contributed by atoms with Crippen molar-refractivity contribution in [1.82, 2.24) is 9.88 Å². The smallest absolute Gasteiger partial charge is 0.398 e. The quantitative estimate of drug-likeness (QED) is 0.313.